The Morgan fingerprint density at radius 1 is 1.13 bits per heavy atom. The molecule has 30 heavy (non-hydrogen) atoms. The normalized spacial score (nSPS) is 23.9. The Morgan fingerprint density at radius 3 is 2.77 bits per heavy atom. The molecule has 4 heterocycles. The smallest absolute Gasteiger partial charge is 0.254 e. The molecule has 0 saturated carbocycles. The second-order valence-electron chi connectivity index (χ2n) is 8.26. The number of nitrogens with zero attached hydrogens (tertiary/aromatic N) is 3. The summed E-state index contributed by atoms with van der Waals surface area (Å²) < 4.78 is 0. The second kappa shape index (κ2) is 10.2. The summed E-state index contributed by atoms with van der Waals surface area (Å²) in [5.74, 6) is 0.133. The molecule has 2 aromatic rings. The van der Waals surface area contributed by atoms with Gasteiger partial charge in [-0.05, 0) is 54.9 Å². The molecule has 4 rings (SSSR count). The molecule has 2 saturated heterocycles. The topological polar surface area (TPSA) is 65.5 Å². The maximum Gasteiger partial charge on any atom is 0.254 e. The molecule has 0 aromatic carbocycles. The molecule has 2 aliphatic heterocycles. The summed E-state index contributed by atoms with van der Waals surface area (Å²) >= 11 is 1.54. The van der Waals surface area contributed by atoms with E-state index in [0.29, 0.717) is 19.5 Å². The number of pyridine rings is 1. The van der Waals surface area contributed by atoms with Crippen LogP contribution in [-0.4, -0.2) is 58.8 Å². The first-order valence-electron chi connectivity index (χ1n) is 10.9. The highest BCUT2D eigenvalue weighted by molar-refractivity contribution is 7.08. The van der Waals surface area contributed by atoms with Crippen LogP contribution in [0.2, 0.25) is 0 Å². The standard InChI is InChI=1S/C23H30N4O2S/c28-22-20-7-13-27(23(29)19-8-14-30-17-19)16-21(20)26(12-4-2-1-3-9-25-22)15-18-5-10-24-11-6-18/h5-6,8,10-11,14,17,20-21H,1-4,7,9,12-13,15-16H2,(H,25,28)/t20-,21-/m1/s1. The van der Waals surface area contributed by atoms with Gasteiger partial charge >= 0.3 is 0 Å². The van der Waals surface area contributed by atoms with Gasteiger partial charge in [0, 0.05) is 50.0 Å². The molecular weight excluding hydrogens is 396 g/mol. The highest BCUT2D eigenvalue weighted by Crippen LogP contribution is 2.27. The Morgan fingerprint density at radius 2 is 1.97 bits per heavy atom. The van der Waals surface area contributed by atoms with Crippen LogP contribution in [0.5, 0.6) is 0 Å². The number of hydrogen-bond acceptors (Lipinski definition) is 5. The molecule has 0 aliphatic carbocycles. The largest absolute Gasteiger partial charge is 0.356 e. The molecule has 2 aliphatic rings. The number of thiophene rings is 1. The number of piperidine rings is 1. The number of likely N-dealkylation sites (tertiary alicyclic amines) is 1. The van der Waals surface area contributed by atoms with Crippen molar-refractivity contribution >= 4 is 23.2 Å². The molecule has 160 valence electrons. The number of amides is 2. The SMILES string of the molecule is O=C1NCCCCCCN(Cc2ccncc2)[C@@H]2CN(C(=O)c3ccsc3)CC[C@@H]12. The molecule has 2 amide bonds. The van der Waals surface area contributed by atoms with E-state index in [-0.39, 0.29) is 23.8 Å². The number of carbonyl (C=O) groups excluding carboxylic acids is 2. The number of aromatic nitrogens is 1. The number of nitrogens with one attached hydrogen (secondary N) is 1. The molecule has 2 fully saturated rings. The van der Waals surface area contributed by atoms with Crippen LogP contribution < -0.4 is 5.32 Å². The van der Waals surface area contributed by atoms with E-state index in [0.717, 1.165) is 50.9 Å². The quantitative estimate of drug-likeness (QED) is 0.819. The Balaban J connectivity index is 1.58. The molecule has 0 spiro atoms. The summed E-state index contributed by atoms with van der Waals surface area (Å²) in [5, 5.41) is 7.01. The molecule has 2 aromatic heterocycles. The third-order valence-electron chi connectivity index (χ3n) is 6.25. The highest BCUT2D eigenvalue weighted by atomic mass is 32.1. The van der Waals surface area contributed by atoms with Crippen LogP contribution in [0.1, 0.15) is 48.0 Å². The molecule has 0 unspecified atom stereocenters. The third kappa shape index (κ3) is 5.08. The number of fused-ring (bicyclic) bond motifs is 1. The monoisotopic (exact) mass is 426 g/mol. The van der Waals surface area contributed by atoms with Crippen molar-refractivity contribution in [3.63, 3.8) is 0 Å². The van der Waals surface area contributed by atoms with Crippen molar-refractivity contribution in [2.75, 3.05) is 26.2 Å². The van der Waals surface area contributed by atoms with E-state index >= 15 is 0 Å². The van der Waals surface area contributed by atoms with Crippen LogP contribution in [-0.2, 0) is 11.3 Å². The van der Waals surface area contributed by atoms with Gasteiger partial charge in [-0.25, -0.2) is 0 Å². The van der Waals surface area contributed by atoms with Crippen LogP contribution in [0, 0.1) is 5.92 Å². The first kappa shape index (κ1) is 21.0. The minimum atomic E-state index is -0.0866. The predicted octanol–water partition coefficient (Wildman–Crippen LogP) is 3.17. The molecular formula is C23H30N4O2S. The van der Waals surface area contributed by atoms with Crippen LogP contribution >= 0.6 is 11.3 Å². The fourth-order valence-corrected chi connectivity index (χ4v) is 5.21. The lowest BCUT2D eigenvalue weighted by atomic mass is 9.88. The van der Waals surface area contributed by atoms with Crippen molar-refractivity contribution in [1.29, 1.82) is 0 Å². The van der Waals surface area contributed by atoms with Crippen LogP contribution in [0.25, 0.3) is 0 Å². The lowest BCUT2D eigenvalue weighted by Crippen LogP contribution is -2.57. The summed E-state index contributed by atoms with van der Waals surface area (Å²) in [5.41, 5.74) is 1.94. The highest BCUT2D eigenvalue weighted by Gasteiger charge is 2.39. The van der Waals surface area contributed by atoms with Gasteiger partial charge < -0.3 is 10.2 Å². The summed E-state index contributed by atoms with van der Waals surface area (Å²) in [6, 6.07) is 5.99. The summed E-state index contributed by atoms with van der Waals surface area (Å²) in [6.07, 6.45) is 8.80. The van der Waals surface area contributed by atoms with E-state index in [4.69, 9.17) is 0 Å². The van der Waals surface area contributed by atoms with Crippen molar-refractivity contribution in [2.45, 2.75) is 44.7 Å². The number of rotatable bonds is 3. The zero-order chi connectivity index (χ0) is 20.8. The summed E-state index contributed by atoms with van der Waals surface area (Å²) in [7, 11) is 0. The maximum atomic E-state index is 13.0. The lowest BCUT2D eigenvalue weighted by Gasteiger charge is -2.43. The number of carbonyl (C=O) groups is 2. The third-order valence-corrected chi connectivity index (χ3v) is 6.93. The van der Waals surface area contributed by atoms with Crippen LogP contribution in [0.4, 0.5) is 0 Å². The van der Waals surface area contributed by atoms with Crippen molar-refractivity contribution in [2.24, 2.45) is 5.92 Å². The van der Waals surface area contributed by atoms with Crippen molar-refractivity contribution in [1.82, 2.24) is 20.1 Å². The zero-order valence-electron chi connectivity index (χ0n) is 17.3. The molecule has 1 N–H and O–H groups in total. The molecule has 2 atom stereocenters. The Bertz CT molecular complexity index is 827. The summed E-state index contributed by atoms with van der Waals surface area (Å²) in [4.78, 5) is 34.6. The first-order valence-corrected chi connectivity index (χ1v) is 11.9. The van der Waals surface area contributed by atoms with Crippen molar-refractivity contribution in [3.8, 4) is 0 Å². The van der Waals surface area contributed by atoms with E-state index in [1.165, 1.54) is 5.56 Å². The first-order chi connectivity index (χ1) is 14.7. The molecule has 0 bridgehead atoms. The van der Waals surface area contributed by atoms with Crippen LogP contribution in [0.3, 0.4) is 0 Å². The minimum absolute atomic E-state index is 0.0209. The van der Waals surface area contributed by atoms with E-state index in [1.54, 1.807) is 11.3 Å². The fourth-order valence-electron chi connectivity index (χ4n) is 4.58. The van der Waals surface area contributed by atoms with Crippen molar-refractivity contribution < 1.29 is 9.59 Å². The Hall–Kier alpha value is -2.25. The Labute approximate surface area is 182 Å². The van der Waals surface area contributed by atoms with Gasteiger partial charge in [-0.3, -0.25) is 19.5 Å². The van der Waals surface area contributed by atoms with Gasteiger partial charge in [0.15, 0.2) is 0 Å². The van der Waals surface area contributed by atoms with Gasteiger partial charge in [0.25, 0.3) is 5.91 Å². The van der Waals surface area contributed by atoms with Gasteiger partial charge in [0.2, 0.25) is 5.91 Å². The van der Waals surface area contributed by atoms with Gasteiger partial charge in [0.1, 0.15) is 0 Å². The zero-order valence-corrected chi connectivity index (χ0v) is 18.2. The van der Waals surface area contributed by atoms with Crippen molar-refractivity contribution in [3.05, 3.63) is 52.5 Å². The summed E-state index contributed by atoms with van der Waals surface area (Å²) in [6.45, 7) is 3.70. The predicted molar refractivity (Wildman–Crippen MR) is 118 cm³/mol. The van der Waals surface area contributed by atoms with E-state index in [9.17, 15) is 9.59 Å². The average molecular weight is 427 g/mol. The van der Waals surface area contributed by atoms with E-state index < -0.39 is 0 Å². The second-order valence-corrected chi connectivity index (χ2v) is 9.04. The maximum absolute atomic E-state index is 13.0. The van der Waals surface area contributed by atoms with E-state index in [2.05, 4.69) is 15.2 Å². The lowest BCUT2D eigenvalue weighted by molar-refractivity contribution is -0.129. The van der Waals surface area contributed by atoms with Gasteiger partial charge in [-0.2, -0.15) is 11.3 Å². The van der Waals surface area contributed by atoms with Gasteiger partial charge in [0.05, 0.1) is 11.5 Å². The average Bonchev–Trinajstić information content (AvgIpc) is 3.31. The van der Waals surface area contributed by atoms with Gasteiger partial charge in [-0.1, -0.05) is 12.8 Å². The number of hydrogen-bond donors (Lipinski definition) is 1. The minimum Gasteiger partial charge on any atom is -0.356 e. The fraction of sp³-hybridized carbons (Fsp3) is 0.522. The Kier molecular flexibility index (Phi) is 7.12. The molecule has 7 heteroatoms. The molecule has 0 radical (unpaired) electrons. The molecule has 6 nitrogen and oxygen atoms in total. The van der Waals surface area contributed by atoms with E-state index in [1.807, 2.05) is 46.3 Å². The van der Waals surface area contributed by atoms with Gasteiger partial charge in [-0.15, -0.1) is 0 Å². The van der Waals surface area contributed by atoms with Crippen LogP contribution in [0.15, 0.2) is 41.4 Å².